The molecule has 4 N–H and O–H groups in total. The smallest absolute Gasteiger partial charge is 0.226 e. The van der Waals surface area contributed by atoms with Gasteiger partial charge in [0.1, 0.15) is 0 Å². The standard InChI is InChI=1S/C13H17Cl2N5O/c1-13(2)19-11(16)18-12(17)20(13)21-6-5-8-3-4-9(14)7-10(8)15/h3-4,7H,5-6H2,1-2H3,(H4,16,17,18,19). The Morgan fingerprint density at radius 2 is 2.00 bits per heavy atom. The van der Waals surface area contributed by atoms with Gasteiger partial charge in [0.15, 0.2) is 5.66 Å². The summed E-state index contributed by atoms with van der Waals surface area (Å²) in [5, 5.41) is 2.64. The maximum atomic E-state index is 6.11. The maximum Gasteiger partial charge on any atom is 0.226 e. The summed E-state index contributed by atoms with van der Waals surface area (Å²) in [6, 6.07) is 5.35. The first-order chi connectivity index (χ1) is 9.79. The van der Waals surface area contributed by atoms with Crippen LogP contribution in [0.2, 0.25) is 10.0 Å². The molecule has 0 bridgehead atoms. The van der Waals surface area contributed by atoms with E-state index in [2.05, 4.69) is 9.98 Å². The molecule has 21 heavy (non-hydrogen) atoms. The van der Waals surface area contributed by atoms with E-state index >= 15 is 0 Å². The van der Waals surface area contributed by atoms with Crippen molar-refractivity contribution in [1.82, 2.24) is 5.06 Å². The van der Waals surface area contributed by atoms with Crippen LogP contribution in [0.25, 0.3) is 0 Å². The summed E-state index contributed by atoms with van der Waals surface area (Å²) in [6.07, 6.45) is 0.606. The summed E-state index contributed by atoms with van der Waals surface area (Å²) in [5.74, 6) is 0.313. The van der Waals surface area contributed by atoms with Crippen molar-refractivity contribution < 1.29 is 4.84 Å². The van der Waals surface area contributed by atoms with Crippen LogP contribution in [0.5, 0.6) is 0 Å². The lowest BCUT2D eigenvalue weighted by atomic mass is 10.2. The Morgan fingerprint density at radius 3 is 2.62 bits per heavy atom. The van der Waals surface area contributed by atoms with Crippen LogP contribution in [0.3, 0.4) is 0 Å². The topological polar surface area (TPSA) is 89.2 Å². The first-order valence-corrected chi connectivity index (χ1v) is 7.12. The fraction of sp³-hybridized carbons (Fsp3) is 0.385. The molecular weight excluding hydrogens is 313 g/mol. The lowest BCUT2D eigenvalue weighted by Gasteiger charge is -2.36. The average molecular weight is 330 g/mol. The number of rotatable bonds is 4. The predicted molar refractivity (Wildman–Crippen MR) is 85.3 cm³/mol. The summed E-state index contributed by atoms with van der Waals surface area (Å²) in [4.78, 5) is 13.8. The maximum absolute atomic E-state index is 6.11. The van der Waals surface area contributed by atoms with E-state index in [1.54, 1.807) is 12.1 Å². The van der Waals surface area contributed by atoms with E-state index in [0.717, 1.165) is 5.56 Å². The third-order valence-electron chi connectivity index (χ3n) is 2.93. The number of nitrogens with two attached hydrogens (primary N) is 2. The summed E-state index contributed by atoms with van der Waals surface area (Å²) in [7, 11) is 0. The Labute approximate surface area is 133 Å². The van der Waals surface area contributed by atoms with E-state index in [4.69, 9.17) is 39.5 Å². The molecule has 0 unspecified atom stereocenters. The van der Waals surface area contributed by atoms with Crippen molar-refractivity contribution in [2.24, 2.45) is 21.5 Å². The average Bonchev–Trinajstić information content (AvgIpc) is 2.33. The minimum Gasteiger partial charge on any atom is -0.368 e. The summed E-state index contributed by atoms with van der Waals surface area (Å²) >= 11 is 12.0. The monoisotopic (exact) mass is 329 g/mol. The van der Waals surface area contributed by atoms with E-state index in [9.17, 15) is 0 Å². The van der Waals surface area contributed by atoms with Crippen molar-refractivity contribution >= 4 is 35.1 Å². The number of halogens is 2. The van der Waals surface area contributed by atoms with Crippen LogP contribution in [0.4, 0.5) is 0 Å². The molecule has 1 aromatic carbocycles. The Hall–Kier alpha value is -1.50. The van der Waals surface area contributed by atoms with Crippen LogP contribution in [0, 0.1) is 0 Å². The fourth-order valence-corrected chi connectivity index (χ4v) is 2.49. The highest BCUT2D eigenvalue weighted by atomic mass is 35.5. The number of hydrogen-bond donors (Lipinski definition) is 2. The number of aliphatic imine (C=N–C) groups is 2. The third-order valence-corrected chi connectivity index (χ3v) is 3.52. The van der Waals surface area contributed by atoms with Crippen molar-refractivity contribution in [2.45, 2.75) is 25.9 Å². The Kier molecular flexibility index (Phi) is 4.61. The number of nitrogens with zero attached hydrogens (tertiary/aromatic N) is 3. The van der Waals surface area contributed by atoms with E-state index in [0.29, 0.717) is 23.1 Å². The van der Waals surface area contributed by atoms with Gasteiger partial charge in [-0.2, -0.15) is 10.1 Å². The van der Waals surface area contributed by atoms with Crippen molar-refractivity contribution in [1.29, 1.82) is 0 Å². The molecule has 8 heteroatoms. The van der Waals surface area contributed by atoms with E-state index < -0.39 is 5.66 Å². The predicted octanol–water partition coefficient (Wildman–Crippen LogP) is 2.15. The lowest BCUT2D eigenvalue weighted by molar-refractivity contribution is -0.156. The Morgan fingerprint density at radius 1 is 1.29 bits per heavy atom. The van der Waals surface area contributed by atoms with Gasteiger partial charge in [0.05, 0.1) is 6.61 Å². The molecular formula is C13H17Cl2N5O. The van der Waals surface area contributed by atoms with Crippen LogP contribution in [0.1, 0.15) is 19.4 Å². The molecule has 1 aliphatic rings. The SMILES string of the molecule is CC1(C)N=C(N)N=C(N)N1OCCc1ccc(Cl)cc1Cl. The number of guanidine groups is 2. The van der Waals surface area contributed by atoms with Gasteiger partial charge in [-0.25, -0.2) is 4.99 Å². The van der Waals surface area contributed by atoms with Crippen LogP contribution < -0.4 is 11.5 Å². The van der Waals surface area contributed by atoms with Gasteiger partial charge in [-0.3, -0.25) is 4.84 Å². The first-order valence-electron chi connectivity index (χ1n) is 6.36. The molecule has 0 radical (unpaired) electrons. The third kappa shape index (κ3) is 3.78. The second-order valence-corrected chi connectivity index (χ2v) is 5.89. The zero-order valence-electron chi connectivity index (χ0n) is 11.8. The molecule has 0 amide bonds. The quantitative estimate of drug-likeness (QED) is 0.885. The Bertz CT molecular complexity index is 600. The molecule has 0 saturated heterocycles. The van der Waals surface area contributed by atoms with Gasteiger partial charge in [-0.15, -0.1) is 0 Å². The molecule has 2 rings (SSSR count). The zero-order chi connectivity index (χ0) is 15.6. The minimum absolute atomic E-state index is 0.137. The highest BCUT2D eigenvalue weighted by Crippen LogP contribution is 2.23. The van der Waals surface area contributed by atoms with Crippen molar-refractivity contribution in [3.63, 3.8) is 0 Å². The highest BCUT2D eigenvalue weighted by molar-refractivity contribution is 6.35. The van der Waals surface area contributed by atoms with Gasteiger partial charge in [-0.05, 0) is 38.0 Å². The largest absolute Gasteiger partial charge is 0.368 e. The van der Waals surface area contributed by atoms with Crippen molar-refractivity contribution in [3.05, 3.63) is 33.8 Å². The molecule has 114 valence electrons. The number of benzene rings is 1. The van der Waals surface area contributed by atoms with Gasteiger partial charge in [-0.1, -0.05) is 29.3 Å². The molecule has 1 heterocycles. The molecule has 6 nitrogen and oxygen atoms in total. The highest BCUT2D eigenvalue weighted by Gasteiger charge is 2.32. The molecule has 0 aliphatic carbocycles. The van der Waals surface area contributed by atoms with E-state index in [1.807, 2.05) is 19.9 Å². The molecule has 0 saturated carbocycles. The zero-order valence-corrected chi connectivity index (χ0v) is 13.3. The van der Waals surface area contributed by atoms with Gasteiger partial charge in [0.2, 0.25) is 11.9 Å². The van der Waals surface area contributed by atoms with E-state index in [-0.39, 0.29) is 11.9 Å². The van der Waals surface area contributed by atoms with Gasteiger partial charge in [0, 0.05) is 10.0 Å². The van der Waals surface area contributed by atoms with E-state index in [1.165, 1.54) is 5.06 Å². The number of hydroxylamine groups is 2. The Balaban J connectivity index is 1.99. The molecule has 0 fully saturated rings. The minimum atomic E-state index is -0.709. The summed E-state index contributed by atoms with van der Waals surface area (Å²) in [6.45, 7) is 4.03. The molecule has 0 aromatic heterocycles. The molecule has 0 spiro atoms. The van der Waals surface area contributed by atoms with Crippen LogP contribution in [-0.2, 0) is 11.3 Å². The number of hydrogen-bond acceptors (Lipinski definition) is 6. The van der Waals surface area contributed by atoms with Crippen LogP contribution in [-0.4, -0.2) is 29.3 Å². The second kappa shape index (κ2) is 6.09. The molecule has 1 aliphatic heterocycles. The summed E-state index contributed by atoms with van der Waals surface area (Å²) in [5.41, 5.74) is 11.6. The van der Waals surface area contributed by atoms with Crippen molar-refractivity contribution in [3.8, 4) is 0 Å². The molecule has 0 atom stereocenters. The van der Waals surface area contributed by atoms with Crippen LogP contribution >= 0.6 is 23.2 Å². The van der Waals surface area contributed by atoms with Crippen LogP contribution in [0.15, 0.2) is 28.2 Å². The van der Waals surface area contributed by atoms with Crippen molar-refractivity contribution in [2.75, 3.05) is 6.61 Å². The molecule has 1 aromatic rings. The second-order valence-electron chi connectivity index (χ2n) is 5.05. The van der Waals surface area contributed by atoms with Gasteiger partial charge >= 0.3 is 0 Å². The normalized spacial score (nSPS) is 17.4. The summed E-state index contributed by atoms with van der Waals surface area (Å²) < 4.78 is 0. The first kappa shape index (κ1) is 15.9. The van der Waals surface area contributed by atoms with Gasteiger partial charge in [0.25, 0.3) is 0 Å². The lowest BCUT2D eigenvalue weighted by Crippen LogP contribution is -2.53. The fourth-order valence-electron chi connectivity index (χ4n) is 1.99. The van der Waals surface area contributed by atoms with Gasteiger partial charge < -0.3 is 11.5 Å².